The number of halogens is 1. The first kappa shape index (κ1) is 14.6. The number of hydrogen-bond donors (Lipinski definition) is 1. The van der Waals surface area contributed by atoms with E-state index in [0.29, 0.717) is 6.42 Å². The number of nitrogens with zero attached hydrogens (tertiary/aromatic N) is 1. The Labute approximate surface area is 129 Å². The first-order valence-corrected chi connectivity index (χ1v) is 8.36. The van der Waals surface area contributed by atoms with Crippen molar-refractivity contribution in [3.8, 4) is 11.8 Å². The second-order valence-electron chi connectivity index (χ2n) is 3.61. The smallest absolute Gasteiger partial charge is 0.111 e. The van der Waals surface area contributed by atoms with Crippen LogP contribution in [0.5, 0.6) is 0 Å². The van der Waals surface area contributed by atoms with Gasteiger partial charge in [-0.2, -0.15) is 0 Å². The van der Waals surface area contributed by atoms with Crippen molar-refractivity contribution in [2.24, 2.45) is 0 Å². The van der Waals surface area contributed by atoms with Crippen LogP contribution in [0.4, 0.5) is 0 Å². The van der Waals surface area contributed by atoms with Crippen LogP contribution in [-0.4, -0.2) is 16.7 Å². The van der Waals surface area contributed by atoms with Crippen molar-refractivity contribution in [1.29, 1.82) is 0 Å². The van der Waals surface area contributed by atoms with E-state index in [4.69, 9.17) is 5.11 Å². The third-order valence-corrected chi connectivity index (χ3v) is 5.31. The van der Waals surface area contributed by atoms with E-state index >= 15 is 0 Å². The van der Waals surface area contributed by atoms with Gasteiger partial charge in [0.15, 0.2) is 0 Å². The molecule has 0 fully saturated rings. The number of aliphatic hydroxyl groups is 1. The molecule has 0 aliphatic carbocycles. The molecule has 1 N–H and O–H groups in total. The van der Waals surface area contributed by atoms with E-state index < -0.39 is 0 Å². The lowest BCUT2D eigenvalue weighted by Crippen LogP contribution is -1.84. The Morgan fingerprint density at radius 3 is 3.11 bits per heavy atom. The van der Waals surface area contributed by atoms with Gasteiger partial charge >= 0.3 is 0 Å². The highest BCUT2D eigenvalue weighted by atomic mass is 79.9. The largest absolute Gasteiger partial charge is 0.395 e. The van der Waals surface area contributed by atoms with E-state index in [1.807, 2.05) is 23.6 Å². The summed E-state index contributed by atoms with van der Waals surface area (Å²) in [6, 6.07) is 5.93. The molecular formula is C14H12BrNOS2. The minimum absolute atomic E-state index is 0.113. The molecule has 0 saturated carbocycles. The predicted octanol–water partition coefficient (Wildman–Crippen LogP) is 3.93. The monoisotopic (exact) mass is 353 g/mol. The van der Waals surface area contributed by atoms with Crippen molar-refractivity contribution in [2.75, 3.05) is 6.61 Å². The predicted molar refractivity (Wildman–Crippen MR) is 84.4 cm³/mol. The zero-order valence-electron chi connectivity index (χ0n) is 10.1. The summed E-state index contributed by atoms with van der Waals surface area (Å²) in [6.45, 7) is 0.113. The van der Waals surface area contributed by atoms with Crippen LogP contribution >= 0.6 is 39.0 Å². The Morgan fingerprint density at radius 1 is 1.42 bits per heavy atom. The van der Waals surface area contributed by atoms with Crippen LogP contribution in [0.1, 0.15) is 16.9 Å². The van der Waals surface area contributed by atoms with Crippen LogP contribution < -0.4 is 0 Å². The van der Waals surface area contributed by atoms with Gasteiger partial charge in [-0.15, -0.1) is 11.3 Å². The van der Waals surface area contributed by atoms with Crippen LogP contribution in [0.25, 0.3) is 0 Å². The fourth-order valence-corrected chi connectivity index (χ4v) is 3.82. The van der Waals surface area contributed by atoms with Gasteiger partial charge in [0, 0.05) is 33.3 Å². The topological polar surface area (TPSA) is 33.1 Å². The van der Waals surface area contributed by atoms with Gasteiger partial charge in [0.1, 0.15) is 5.03 Å². The van der Waals surface area contributed by atoms with Crippen LogP contribution in [0.15, 0.2) is 39.3 Å². The van der Waals surface area contributed by atoms with Gasteiger partial charge in [0.25, 0.3) is 0 Å². The van der Waals surface area contributed by atoms with E-state index in [0.717, 1.165) is 20.8 Å². The van der Waals surface area contributed by atoms with Gasteiger partial charge in [0.2, 0.25) is 0 Å². The molecule has 0 amide bonds. The van der Waals surface area contributed by atoms with Crippen molar-refractivity contribution in [2.45, 2.75) is 17.2 Å². The summed E-state index contributed by atoms with van der Waals surface area (Å²) >= 11 is 6.89. The third-order valence-electron chi connectivity index (χ3n) is 2.27. The van der Waals surface area contributed by atoms with Gasteiger partial charge in [-0.3, -0.25) is 0 Å². The highest BCUT2D eigenvalue weighted by molar-refractivity contribution is 9.10. The first-order valence-electron chi connectivity index (χ1n) is 5.70. The fraction of sp³-hybridized carbons (Fsp3) is 0.214. The Hall–Kier alpha value is -0.800. The second-order valence-corrected chi connectivity index (χ2v) is 6.43. The molecule has 0 saturated heterocycles. The zero-order valence-corrected chi connectivity index (χ0v) is 13.3. The standard InChI is InChI=1S/C14H12BrNOS2/c15-12-5-3-7-16-14(12)19-10-13-11(6-9-18-13)4-1-2-8-17/h3,5-7,9,17H,2,8,10H2. The Kier molecular flexibility index (Phi) is 5.93. The minimum atomic E-state index is 0.113. The number of hydrogen-bond acceptors (Lipinski definition) is 4. The molecule has 0 atom stereocenters. The summed E-state index contributed by atoms with van der Waals surface area (Å²) in [5, 5.41) is 11.8. The Balaban J connectivity index is 2.03. The molecule has 0 unspecified atom stereocenters. The minimum Gasteiger partial charge on any atom is -0.395 e. The number of thioether (sulfide) groups is 1. The highest BCUT2D eigenvalue weighted by Gasteiger charge is 2.06. The summed E-state index contributed by atoms with van der Waals surface area (Å²) in [6.07, 6.45) is 2.32. The number of aromatic nitrogens is 1. The molecule has 2 heterocycles. The SMILES string of the molecule is OCCC#Cc1ccsc1CSc1ncccc1Br. The lowest BCUT2D eigenvalue weighted by atomic mass is 10.2. The number of pyridine rings is 1. The van der Waals surface area contributed by atoms with Gasteiger partial charge in [-0.25, -0.2) is 4.98 Å². The lowest BCUT2D eigenvalue weighted by Gasteiger charge is -2.01. The maximum atomic E-state index is 8.73. The van der Waals surface area contributed by atoms with E-state index in [1.54, 1.807) is 29.3 Å². The molecule has 0 aliphatic heterocycles. The highest BCUT2D eigenvalue weighted by Crippen LogP contribution is 2.30. The molecule has 5 heteroatoms. The Morgan fingerprint density at radius 2 is 2.32 bits per heavy atom. The average Bonchev–Trinajstić information content (AvgIpc) is 2.86. The van der Waals surface area contributed by atoms with Crippen LogP contribution in [-0.2, 0) is 5.75 Å². The molecule has 2 rings (SSSR count). The zero-order chi connectivity index (χ0) is 13.5. The summed E-state index contributed by atoms with van der Waals surface area (Å²) in [7, 11) is 0. The number of thiophene rings is 1. The first-order chi connectivity index (χ1) is 9.31. The summed E-state index contributed by atoms with van der Waals surface area (Å²) in [5.41, 5.74) is 1.05. The molecule has 2 aromatic rings. The van der Waals surface area contributed by atoms with Gasteiger partial charge in [-0.05, 0) is 39.5 Å². The summed E-state index contributed by atoms with van der Waals surface area (Å²) in [4.78, 5) is 5.58. The van der Waals surface area contributed by atoms with E-state index in [9.17, 15) is 0 Å². The van der Waals surface area contributed by atoms with Gasteiger partial charge < -0.3 is 5.11 Å². The second kappa shape index (κ2) is 7.71. The van der Waals surface area contributed by atoms with Gasteiger partial charge in [-0.1, -0.05) is 23.6 Å². The van der Waals surface area contributed by atoms with E-state index in [-0.39, 0.29) is 6.61 Å². The van der Waals surface area contributed by atoms with Crippen LogP contribution in [0, 0.1) is 11.8 Å². The number of rotatable bonds is 4. The van der Waals surface area contributed by atoms with Crippen LogP contribution in [0.3, 0.4) is 0 Å². The Bertz CT molecular complexity index is 601. The summed E-state index contributed by atoms with van der Waals surface area (Å²) in [5.74, 6) is 6.92. The molecule has 0 aliphatic rings. The molecule has 0 bridgehead atoms. The maximum Gasteiger partial charge on any atom is 0.111 e. The molecule has 19 heavy (non-hydrogen) atoms. The third kappa shape index (κ3) is 4.36. The van der Waals surface area contributed by atoms with Gasteiger partial charge in [0.05, 0.1) is 6.61 Å². The molecule has 0 spiro atoms. The molecule has 0 aromatic carbocycles. The molecule has 2 nitrogen and oxygen atoms in total. The molecule has 2 aromatic heterocycles. The average molecular weight is 354 g/mol. The van der Waals surface area contributed by atoms with Crippen LogP contribution in [0.2, 0.25) is 0 Å². The lowest BCUT2D eigenvalue weighted by molar-refractivity contribution is 0.305. The van der Waals surface area contributed by atoms with Crippen molar-refractivity contribution in [3.05, 3.63) is 44.7 Å². The molecule has 98 valence electrons. The van der Waals surface area contributed by atoms with E-state index in [1.165, 1.54) is 4.88 Å². The van der Waals surface area contributed by atoms with E-state index in [2.05, 4.69) is 32.8 Å². The molecule has 0 radical (unpaired) electrons. The van der Waals surface area contributed by atoms with Crippen molar-refractivity contribution < 1.29 is 5.11 Å². The van der Waals surface area contributed by atoms with Crippen molar-refractivity contribution >= 4 is 39.0 Å². The maximum absolute atomic E-state index is 8.73. The summed E-state index contributed by atoms with van der Waals surface area (Å²) < 4.78 is 1.02. The fourth-order valence-electron chi connectivity index (χ4n) is 1.39. The van der Waals surface area contributed by atoms with Crippen molar-refractivity contribution in [3.63, 3.8) is 0 Å². The molecular weight excluding hydrogens is 342 g/mol. The normalized spacial score (nSPS) is 10.0. The quantitative estimate of drug-likeness (QED) is 0.667. The van der Waals surface area contributed by atoms with Crippen molar-refractivity contribution in [1.82, 2.24) is 4.98 Å². The number of aliphatic hydroxyl groups excluding tert-OH is 1.